The van der Waals surface area contributed by atoms with E-state index in [0.717, 1.165) is 10.2 Å². The number of carbonyl (C=O) groups excluding carboxylic acids is 1. The quantitative estimate of drug-likeness (QED) is 0.892. The fourth-order valence-corrected chi connectivity index (χ4v) is 2.45. The number of carbonyl (C=O) groups is 1. The monoisotopic (exact) mass is 298 g/mol. The molecule has 0 bridgehead atoms. The van der Waals surface area contributed by atoms with Crippen LogP contribution < -0.4 is 11.1 Å². The number of rotatable bonds is 4. The largest absolute Gasteiger partial charge is 0.381 e. The van der Waals surface area contributed by atoms with E-state index in [9.17, 15) is 4.79 Å². The minimum Gasteiger partial charge on any atom is -0.381 e. The Morgan fingerprint density at radius 2 is 2.18 bits per heavy atom. The molecule has 1 fully saturated rings. The standard InChI is InChI=1S/C12H15BrN2O2/c1-17-8-6-12(7-8,11(14)16)15-10-5-3-2-4-9(10)13/h2-5,8,15H,6-7H2,1H3,(H2,14,16). The van der Waals surface area contributed by atoms with Gasteiger partial charge in [-0.3, -0.25) is 4.79 Å². The van der Waals surface area contributed by atoms with E-state index in [-0.39, 0.29) is 12.0 Å². The predicted octanol–water partition coefficient (Wildman–Crippen LogP) is 1.89. The molecule has 0 atom stereocenters. The average Bonchev–Trinajstić information content (AvgIpc) is 2.24. The van der Waals surface area contributed by atoms with Crippen LogP contribution in [0.15, 0.2) is 28.7 Å². The molecule has 0 unspecified atom stereocenters. The third-order valence-corrected chi connectivity index (χ3v) is 3.90. The number of methoxy groups -OCH3 is 1. The Kier molecular flexibility index (Phi) is 3.40. The zero-order chi connectivity index (χ0) is 12.5. The number of halogens is 1. The second-order valence-electron chi connectivity index (χ2n) is 4.32. The molecule has 1 aliphatic carbocycles. The molecule has 17 heavy (non-hydrogen) atoms. The van der Waals surface area contributed by atoms with Crippen LogP contribution in [0.25, 0.3) is 0 Å². The maximum atomic E-state index is 11.6. The minimum absolute atomic E-state index is 0.109. The normalized spacial score (nSPS) is 27.3. The lowest BCUT2D eigenvalue weighted by atomic mass is 9.73. The van der Waals surface area contributed by atoms with E-state index in [0.29, 0.717) is 12.8 Å². The summed E-state index contributed by atoms with van der Waals surface area (Å²) in [4.78, 5) is 11.6. The minimum atomic E-state index is -0.676. The summed E-state index contributed by atoms with van der Waals surface area (Å²) in [6.45, 7) is 0. The zero-order valence-corrected chi connectivity index (χ0v) is 11.2. The highest BCUT2D eigenvalue weighted by Crippen LogP contribution is 2.38. The van der Waals surface area contributed by atoms with Crippen molar-refractivity contribution in [3.05, 3.63) is 28.7 Å². The highest BCUT2D eigenvalue weighted by Gasteiger charge is 2.49. The summed E-state index contributed by atoms with van der Waals surface area (Å²) in [5.74, 6) is -0.332. The van der Waals surface area contributed by atoms with Gasteiger partial charge in [-0.1, -0.05) is 12.1 Å². The number of hydrogen-bond donors (Lipinski definition) is 2. The molecule has 1 amide bonds. The molecule has 1 aromatic carbocycles. The molecule has 0 radical (unpaired) electrons. The first-order valence-electron chi connectivity index (χ1n) is 5.43. The van der Waals surface area contributed by atoms with Crippen molar-refractivity contribution in [2.24, 2.45) is 5.73 Å². The van der Waals surface area contributed by atoms with Crippen molar-refractivity contribution in [2.75, 3.05) is 12.4 Å². The summed E-state index contributed by atoms with van der Waals surface area (Å²) in [6.07, 6.45) is 1.33. The lowest BCUT2D eigenvalue weighted by Crippen LogP contribution is -2.61. The molecule has 1 saturated carbocycles. The molecule has 0 aromatic heterocycles. The number of benzene rings is 1. The number of nitrogens with one attached hydrogen (secondary N) is 1. The predicted molar refractivity (Wildman–Crippen MR) is 69.7 cm³/mol. The topological polar surface area (TPSA) is 64.3 Å². The number of hydrogen-bond acceptors (Lipinski definition) is 3. The van der Waals surface area contributed by atoms with Crippen molar-refractivity contribution in [3.8, 4) is 0 Å². The molecule has 1 aromatic rings. The summed E-state index contributed by atoms with van der Waals surface area (Å²) in [6, 6.07) is 7.66. The van der Waals surface area contributed by atoms with Crippen molar-refractivity contribution in [1.82, 2.24) is 0 Å². The first kappa shape index (κ1) is 12.4. The summed E-state index contributed by atoms with van der Waals surface area (Å²) in [7, 11) is 1.65. The van der Waals surface area contributed by atoms with Gasteiger partial charge in [0.25, 0.3) is 0 Å². The summed E-state index contributed by atoms with van der Waals surface area (Å²) < 4.78 is 6.12. The van der Waals surface area contributed by atoms with Crippen LogP contribution in [0.4, 0.5) is 5.69 Å². The number of para-hydroxylation sites is 1. The van der Waals surface area contributed by atoms with E-state index in [1.165, 1.54) is 0 Å². The van der Waals surface area contributed by atoms with Crippen LogP contribution in [-0.4, -0.2) is 24.7 Å². The number of anilines is 1. The van der Waals surface area contributed by atoms with Crippen LogP contribution in [0, 0.1) is 0 Å². The van der Waals surface area contributed by atoms with Gasteiger partial charge in [0.15, 0.2) is 0 Å². The Morgan fingerprint density at radius 1 is 1.53 bits per heavy atom. The van der Waals surface area contributed by atoms with E-state index >= 15 is 0 Å². The Labute approximate surface area is 109 Å². The van der Waals surface area contributed by atoms with Crippen molar-refractivity contribution in [1.29, 1.82) is 0 Å². The average molecular weight is 299 g/mol. The van der Waals surface area contributed by atoms with E-state index in [4.69, 9.17) is 10.5 Å². The third kappa shape index (κ3) is 2.30. The maximum Gasteiger partial charge on any atom is 0.243 e. The van der Waals surface area contributed by atoms with Gasteiger partial charge in [-0.05, 0) is 28.1 Å². The highest BCUT2D eigenvalue weighted by molar-refractivity contribution is 9.10. The van der Waals surface area contributed by atoms with Gasteiger partial charge in [-0.15, -0.1) is 0 Å². The smallest absolute Gasteiger partial charge is 0.243 e. The summed E-state index contributed by atoms with van der Waals surface area (Å²) >= 11 is 3.44. The van der Waals surface area contributed by atoms with Crippen LogP contribution in [0.5, 0.6) is 0 Å². The molecule has 92 valence electrons. The SMILES string of the molecule is COC1CC(Nc2ccccc2Br)(C(N)=O)C1. The van der Waals surface area contributed by atoms with Crippen LogP contribution in [0.1, 0.15) is 12.8 Å². The molecule has 0 heterocycles. The Balaban J connectivity index is 2.16. The fraction of sp³-hybridized carbons (Fsp3) is 0.417. The van der Waals surface area contributed by atoms with Crippen molar-refractivity contribution < 1.29 is 9.53 Å². The zero-order valence-electron chi connectivity index (χ0n) is 9.57. The molecule has 3 N–H and O–H groups in total. The number of nitrogens with two attached hydrogens (primary N) is 1. The first-order chi connectivity index (χ1) is 8.07. The van der Waals surface area contributed by atoms with Gasteiger partial charge in [0.2, 0.25) is 5.91 Å². The van der Waals surface area contributed by atoms with Crippen LogP contribution in [0.3, 0.4) is 0 Å². The first-order valence-corrected chi connectivity index (χ1v) is 6.22. The van der Waals surface area contributed by atoms with Crippen molar-refractivity contribution in [3.63, 3.8) is 0 Å². The second-order valence-corrected chi connectivity index (χ2v) is 5.17. The van der Waals surface area contributed by atoms with Crippen LogP contribution in [0.2, 0.25) is 0 Å². The van der Waals surface area contributed by atoms with Gasteiger partial charge >= 0.3 is 0 Å². The Hall–Kier alpha value is -1.07. The van der Waals surface area contributed by atoms with Gasteiger partial charge in [-0.25, -0.2) is 0 Å². The molecule has 1 aliphatic rings. The summed E-state index contributed by atoms with van der Waals surface area (Å²) in [5, 5.41) is 3.22. The molecule has 0 saturated heterocycles. The molecule has 2 rings (SSSR count). The summed E-state index contributed by atoms with van der Waals surface area (Å²) in [5.41, 5.74) is 5.68. The van der Waals surface area contributed by atoms with Gasteiger partial charge in [0.1, 0.15) is 5.54 Å². The second kappa shape index (κ2) is 4.66. The molecular weight excluding hydrogens is 284 g/mol. The highest BCUT2D eigenvalue weighted by atomic mass is 79.9. The van der Waals surface area contributed by atoms with Gasteiger partial charge in [0.05, 0.1) is 6.10 Å². The van der Waals surface area contributed by atoms with Crippen molar-refractivity contribution >= 4 is 27.5 Å². The van der Waals surface area contributed by atoms with E-state index in [1.54, 1.807) is 7.11 Å². The molecule has 4 nitrogen and oxygen atoms in total. The third-order valence-electron chi connectivity index (χ3n) is 3.21. The maximum absolute atomic E-state index is 11.6. The van der Waals surface area contributed by atoms with Gasteiger partial charge in [-0.2, -0.15) is 0 Å². The van der Waals surface area contributed by atoms with Crippen LogP contribution in [-0.2, 0) is 9.53 Å². The Morgan fingerprint density at radius 3 is 2.71 bits per heavy atom. The molecular formula is C12H15BrN2O2. The number of primary amides is 1. The number of amides is 1. The lowest BCUT2D eigenvalue weighted by Gasteiger charge is -2.45. The van der Waals surface area contributed by atoms with Crippen molar-refractivity contribution in [2.45, 2.75) is 24.5 Å². The van der Waals surface area contributed by atoms with Gasteiger partial charge in [0, 0.05) is 30.1 Å². The molecule has 0 aliphatic heterocycles. The van der Waals surface area contributed by atoms with Gasteiger partial charge < -0.3 is 15.8 Å². The van der Waals surface area contributed by atoms with E-state index in [2.05, 4.69) is 21.2 Å². The lowest BCUT2D eigenvalue weighted by molar-refractivity contribution is -0.130. The molecule has 5 heteroatoms. The Bertz CT molecular complexity index is 430. The van der Waals surface area contributed by atoms with E-state index in [1.807, 2.05) is 24.3 Å². The number of ether oxygens (including phenoxy) is 1. The fourth-order valence-electron chi connectivity index (χ4n) is 2.07. The molecule has 0 spiro atoms. The van der Waals surface area contributed by atoms with Crippen LogP contribution >= 0.6 is 15.9 Å². The van der Waals surface area contributed by atoms with E-state index < -0.39 is 5.54 Å².